The molecule has 0 radical (unpaired) electrons. The lowest BCUT2D eigenvalue weighted by molar-refractivity contribution is -0.151. The first-order valence-corrected chi connectivity index (χ1v) is 8.64. The molecule has 0 spiro atoms. The fourth-order valence-corrected chi connectivity index (χ4v) is 3.11. The van der Waals surface area contributed by atoms with Gasteiger partial charge in [0.1, 0.15) is 5.75 Å². The first-order chi connectivity index (χ1) is 11.0. The summed E-state index contributed by atoms with van der Waals surface area (Å²) in [6, 6.07) is 5.68. The second-order valence-electron chi connectivity index (χ2n) is 5.61. The maximum Gasteiger partial charge on any atom is 0.309 e. The van der Waals surface area contributed by atoms with E-state index in [2.05, 4.69) is 15.9 Å². The van der Waals surface area contributed by atoms with Crippen molar-refractivity contribution in [1.29, 1.82) is 0 Å². The summed E-state index contributed by atoms with van der Waals surface area (Å²) in [5.41, 5.74) is 0.980. The lowest BCUT2D eigenvalue weighted by Gasteiger charge is -2.30. The molecule has 0 unspecified atom stereocenters. The molecular weight excluding hydrogens is 362 g/mol. The van der Waals surface area contributed by atoms with E-state index in [-0.39, 0.29) is 24.4 Å². The zero-order valence-electron chi connectivity index (χ0n) is 13.5. The molecule has 0 aliphatic carbocycles. The fraction of sp³-hybridized carbons (Fsp3) is 0.529. The third-order valence-corrected chi connectivity index (χ3v) is 4.45. The van der Waals surface area contributed by atoms with Crippen LogP contribution >= 0.6 is 15.9 Å². The Morgan fingerprint density at radius 2 is 2.00 bits per heavy atom. The van der Waals surface area contributed by atoms with E-state index in [9.17, 15) is 9.59 Å². The first-order valence-electron chi connectivity index (χ1n) is 7.84. The average Bonchev–Trinajstić information content (AvgIpc) is 2.54. The fourth-order valence-electron chi connectivity index (χ4n) is 2.63. The van der Waals surface area contributed by atoms with Gasteiger partial charge in [0.15, 0.2) is 6.61 Å². The summed E-state index contributed by atoms with van der Waals surface area (Å²) >= 11 is 3.40. The van der Waals surface area contributed by atoms with Crippen molar-refractivity contribution < 1.29 is 19.1 Å². The first kappa shape index (κ1) is 17.8. The maximum atomic E-state index is 12.2. The third-order valence-electron chi connectivity index (χ3n) is 3.96. The summed E-state index contributed by atoms with van der Waals surface area (Å²) in [5.74, 6) is 0.424. The topological polar surface area (TPSA) is 55.8 Å². The molecule has 1 aromatic rings. The highest BCUT2D eigenvalue weighted by atomic mass is 79.9. The molecule has 0 N–H and O–H groups in total. The molecule has 1 aliphatic rings. The number of aryl methyl sites for hydroxylation is 1. The molecular formula is C17H22BrNO4. The molecule has 1 aromatic carbocycles. The number of rotatable bonds is 5. The summed E-state index contributed by atoms with van der Waals surface area (Å²) in [4.78, 5) is 25.7. The SMILES string of the molecule is CCOC(=O)C1CCN(C(=O)COc2ccc(Br)cc2C)CC1. The second kappa shape index (κ2) is 8.34. The molecule has 1 saturated heterocycles. The Hall–Kier alpha value is -1.56. The molecule has 126 valence electrons. The van der Waals surface area contributed by atoms with E-state index in [0.29, 0.717) is 38.3 Å². The Morgan fingerprint density at radius 3 is 2.61 bits per heavy atom. The number of amides is 1. The van der Waals surface area contributed by atoms with Crippen molar-refractivity contribution in [2.45, 2.75) is 26.7 Å². The van der Waals surface area contributed by atoms with Crippen LogP contribution in [-0.4, -0.2) is 43.1 Å². The molecule has 1 fully saturated rings. The highest BCUT2D eigenvalue weighted by Gasteiger charge is 2.28. The van der Waals surface area contributed by atoms with E-state index in [4.69, 9.17) is 9.47 Å². The molecule has 1 aliphatic heterocycles. The molecule has 0 aromatic heterocycles. The minimum absolute atomic E-state index is 0.0204. The Morgan fingerprint density at radius 1 is 1.30 bits per heavy atom. The summed E-state index contributed by atoms with van der Waals surface area (Å²) < 4.78 is 11.6. The number of carbonyl (C=O) groups is 2. The van der Waals surface area contributed by atoms with Crippen molar-refractivity contribution in [3.8, 4) is 5.75 Å². The number of esters is 1. The van der Waals surface area contributed by atoms with Crippen molar-refractivity contribution in [3.63, 3.8) is 0 Å². The van der Waals surface area contributed by atoms with Crippen LogP contribution in [0.5, 0.6) is 5.75 Å². The number of ether oxygens (including phenoxy) is 2. The van der Waals surface area contributed by atoms with Crippen LogP contribution in [0.4, 0.5) is 0 Å². The van der Waals surface area contributed by atoms with Crippen LogP contribution in [-0.2, 0) is 14.3 Å². The van der Waals surface area contributed by atoms with E-state index in [0.717, 1.165) is 10.0 Å². The van der Waals surface area contributed by atoms with Crippen molar-refractivity contribution in [2.75, 3.05) is 26.3 Å². The summed E-state index contributed by atoms with van der Waals surface area (Å²) in [6.07, 6.45) is 1.31. The highest BCUT2D eigenvalue weighted by Crippen LogP contribution is 2.23. The normalized spacial score (nSPS) is 15.3. The van der Waals surface area contributed by atoms with Gasteiger partial charge < -0.3 is 14.4 Å². The van der Waals surface area contributed by atoms with Crippen molar-refractivity contribution in [1.82, 2.24) is 4.90 Å². The van der Waals surface area contributed by atoms with Gasteiger partial charge in [0.05, 0.1) is 12.5 Å². The van der Waals surface area contributed by atoms with Gasteiger partial charge in [0.25, 0.3) is 5.91 Å². The Kier molecular flexibility index (Phi) is 6.45. The van der Waals surface area contributed by atoms with Crippen LogP contribution in [0, 0.1) is 12.8 Å². The minimum atomic E-state index is -0.152. The van der Waals surface area contributed by atoms with Crippen LogP contribution < -0.4 is 4.74 Å². The molecule has 2 rings (SSSR count). The van der Waals surface area contributed by atoms with Gasteiger partial charge in [0, 0.05) is 17.6 Å². The van der Waals surface area contributed by atoms with Gasteiger partial charge in [-0.2, -0.15) is 0 Å². The number of hydrogen-bond acceptors (Lipinski definition) is 4. The summed E-state index contributed by atoms with van der Waals surface area (Å²) in [6.45, 7) is 5.31. The van der Waals surface area contributed by atoms with E-state index < -0.39 is 0 Å². The Labute approximate surface area is 145 Å². The standard InChI is InChI=1S/C17H22BrNO4/c1-3-22-17(21)13-6-8-19(9-7-13)16(20)11-23-15-5-4-14(18)10-12(15)2/h4-5,10,13H,3,6-9,11H2,1-2H3. The number of nitrogens with zero attached hydrogens (tertiary/aromatic N) is 1. The maximum absolute atomic E-state index is 12.2. The number of piperidine rings is 1. The van der Waals surface area contributed by atoms with Crippen LogP contribution in [0.15, 0.2) is 22.7 Å². The van der Waals surface area contributed by atoms with Gasteiger partial charge in [-0.05, 0) is 50.5 Å². The number of benzene rings is 1. The number of halogens is 1. The van der Waals surface area contributed by atoms with E-state index in [1.54, 1.807) is 11.8 Å². The molecule has 23 heavy (non-hydrogen) atoms. The molecule has 5 nitrogen and oxygen atoms in total. The second-order valence-corrected chi connectivity index (χ2v) is 6.52. The van der Waals surface area contributed by atoms with Gasteiger partial charge in [0.2, 0.25) is 0 Å². The Bertz CT molecular complexity index is 568. The van der Waals surface area contributed by atoms with E-state index in [1.165, 1.54) is 0 Å². The molecule has 0 bridgehead atoms. The number of hydrogen-bond donors (Lipinski definition) is 0. The molecule has 1 heterocycles. The lowest BCUT2D eigenvalue weighted by Crippen LogP contribution is -2.42. The van der Waals surface area contributed by atoms with Gasteiger partial charge >= 0.3 is 5.97 Å². The van der Waals surface area contributed by atoms with Crippen molar-refractivity contribution in [3.05, 3.63) is 28.2 Å². The van der Waals surface area contributed by atoms with Crippen LogP contribution in [0.3, 0.4) is 0 Å². The zero-order chi connectivity index (χ0) is 16.8. The van der Waals surface area contributed by atoms with Crippen LogP contribution in [0.25, 0.3) is 0 Å². The van der Waals surface area contributed by atoms with E-state index >= 15 is 0 Å². The van der Waals surface area contributed by atoms with Gasteiger partial charge in [-0.15, -0.1) is 0 Å². The third kappa shape index (κ3) is 4.96. The van der Waals surface area contributed by atoms with Gasteiger partial charge in [-0.25, -0.2) is 0 Å². The molecule has 0 atom stereocenters. The van der Waals surface area contributed by atoms with Crippen molar-refractivity contribution in [2.24, 2.45) is 5.92 Å². The van der Waals surface area contributed by atoms with Gasteiger partial charge in [-0.1, -0.05) is 15.9 Å². The molecule has 0 saturated carbocycles. The predicted octanol–water partition coefficient (Wildman–Crippen LogP) is 2.94. The lowest BCUT2D eigenvalue weighted by atomic mass is 9.97. The monoisotopic (exact) mass is 383 g/mol. The largest absolute Gasteiger partial charge is 0.483 e. The van der Waals surface area contributed by atoms with Crippen LogP contribution in [0.1, 0.15) is 25.3 Å². The highest BCUT2D eigenvalue weighted by molar-refractivity contribution is 9.10. The average molecular weight is 384 g/mol. The molecule has 6 heteroatoms. The number of likely N-dealkylation sites (tertiary alicyclic amines) is 1. The molecule has 1 amide bonds. The van der Waals surface area contributed by atoms with Crippen LogP contribution in [0.2, 0.25) is 0 Å². The zero-order valence-corrected chi connectivity index (χ0v) is 15.1. The summed E-state index contributed by atoms with van der Waals surface area (Å²) in [7, 11) is 0. The quantitative estimate of drug-likeness (QED) is 0.733. The van der Waals surface area contributed by atoms with E-state index in [1.807, 2.05) is 25.1 Å². The summed E-state index contributed by atoms with van der Waals surface area (Å²) in [5, 5.41) is 0. The smallest absolute Gasteiger partial charge is 0.309 e. The van der Waals surface area contributed by atoms with Crippen molar-refractivity contribution >= 4 is 27.8 Å². The Balaban J connectivity index is 1.80. The minimum Gasteiger partial charge on any atom is -0.483 e. The van der Waals surface area contributed by atoms with Gasteiger partial charge in [-0.3, -0.25) is 9.59 Å². The predicted molar refractivity (Wildman–Crippen MR) is 90.3 cm³/mol. The number of carbonyl (C=O) groups excluding carboxylic acids is 2.